The number of ether oxygens (including phenoxy) is 1. The number of halogens is 1. The summed E-state index contributed by atoms with van der Waals surface area (Å²) in [6, 6.07) is 13.0. The number of aromatic nitrogens is 1. The zero-order valence-corrected chi connectivity index (χ0v) is 18.6. The van der Waals surface area contributed by atoms with Gasteiger partial charge in [0, 0.05) is 23.6 Å². The van der Waals surface area contributed by atoms with E-state index in [0.717, 1.165) is 11.1 Å². The number of Topliss-reactive ketones (excluding diaryl/α,β-unsaturated/α-hetero) is 1. The van der Waals surface area contributed by atoms with Gasteiger partial charge in [-0.25, -0.2) is 0 Å². The minimum absolute atomic E-state index is 0.0564. The molecule has 162 valence electrons. The first-order valence-electron chi connectivity index (χ1n) is 9.95. The molecule has 1 amide bonds. The van der Waals surface area contributed by atoms with Crippen LogP contribution in [0.4, 0.5) is 5.69 Å². The van der Waals surface area contributed by atoms with Crippen molar-refractivity contribution in [1.29, 1.82) is 0 Å². The Kier molecular flexibility index (Phi) is 5.72. The number of methoxy groups -OCH3 is 1. The van der Waals surface area contributed by atoms with Gasteiger partial charge in [0.2, 0.25) is 0 Å². The summed E-state index contributed by atoms with van der Waals surface area (Å²) in [5.41, 5.74) is 3.10. The number of nitrogens with zero attached hydrogens (tertiary/aromatic N) is 2. The van der Waals surface area contributed by atoms with Crippen molar-refractivity contribution in [2.24, 2.45) is 0 Å². The van der Waals surface area contributed by atoms with E-state index in [1.54, 1.807) is 36.7 Å². The normalized spacial score (nSPS) is 17.6. The Labute approximate surface area is 190 Å². The van der Waals surface area contributed by atoms with Gasteiger partial charge in [0.1, 0.15) is 11.5 Å². The lowest BCUT2D eigenvalue weighted by Crippen LogP contribution is -2.30. The van der Waals surface area contributed by atoms with E-state index in [2.05, 4.69) is 4.98 Å². The quantitative estimate of drug-likeness (QED) is 0.345. The van der Waals surface area contributed by atoms with Crippen molar-refractivity contribution >= 4 is 34.7 Å². The number of amides is 1. The van der Waals surface area contributed by atoms with Crippen molar-refractivity contribution in [2.45, 2.75) is 19.9 Å². The van der Waals surface area contributed by atoms with Gasteiger partial charge in [-0.15, -0.1) is 0 Å². The number of hydrogen-bond donors (Lipinski definition) is 1. The molecule has 2 aromatic carbocycles. The summed E-state index contributed by atoms with van der Waals surface area (Å²) in [6.45, 7) is 3.78. The van der Waals surface area contributed by atoms with Crippen LogP contribution in [0.5, 0.6) is 5.75 Å². The molecule has 0 radical (unpaired) electrons. The number of anilines is 1. The lowest BCUT2D eigenvalue weighted by atomic mass is 9.95. The van der Waals surface area contributed by atoms with Gasteiger partial charge >= 0.3 is 0 Å². The third-order valence-electron chi connectivity index (χ3n) is 5.50. The maximum absolute atomic E-state index is 13.3. The number of pyridine rings is 1. The van der Waals surface area contributed by atoms with Crippen LogP contribution in [0.2, 0.25) is 5.02 Å². The number of carbonyl (C=O) groups excluding carboxylic acids is 2. The molecule has 2 heterocycles. The van der Waals surface area contributed by atoms with Crippen LogP contribution in [0.25, 0.3) is 5.76 Å². The van der Waals surface area contributed by atoms with Crippen LogP contribution in [-0.2, 0) is 9.59 Å². The lowest BCUT2D eigenvalue weighted by Gasteiger charge is -2.27. The van der Waals surface area contributed by atoms with Gasteiger partial charge in [-0.1, -0.05) is 29.8 Å². The summed E-state index contributed by atoms with van der Waals surface area (Å²) in [7, 11) is 1.49. The number of hydrogen-bond acceptors (Lipinski definition) is 5. The lowest BCUT2D eigenvalue weighted by molar-refractivity contribution is -0.132. The Bertz CT molecular complexity index is 1250. The monoisotopic (exact) mass is 448 g/mol. The van der Waals surface area contributed by atoms with E-state index in [1.807, 2.05) is 32.0 Å². The molecule has 1 atom stereocenters. The second-order valence-electron chi connectivity index (χ2n) is 7.59. The number of carbonyl (C=O) groups is 2. The Morgan fingerprint density at radius 2 is 1.91 bits per heavy atom. The SMILES string of the molecule is COc1ccc(Cl)c(/C(O)=C2\C(=O)C(=O)N(c3cc(C)ccc3C)C2c2cccnc2)c1. The predicted octanol–water partition coefficient (Wildman–Crippen LogP) is 4.99. The maximum atomic E-state index is 13.3. The molecule has 0 spiro atoms. The molecule has 32 heavy (non-hydrogen) atoms. The molecule has 1 fully saturated rings. The molecule has 4 rings (SSSR count). The van der Waals surface area contributed by atoms with Crippen molar-refractivity contribution in [3.63, 3.8) is 0 Å². The van der Waals surface area contributed by atoms with Crippen molar-refractivity contribution in [2.75, 3.05) is 12.0 Å². The number of aryl methyl sites for hydroxylation is 2. The van der Waals surface area contributed by atoms with Gasteiger partial charge in [0.25, 0.3) is 11.7 Å². The Balaban J connectivity index is 2.00. The van der Waals surface area contributed by atoms with E-state index in [9.17, 15) is 14.7 Å². The van der Waals surface area contributed by atoms with E-state index in [0.29, 0.717) is 17.0 Å². The molecule has 1 N–H and O–H groups in total. The van der Waals surface area contributed by atoms with Crippen molar-refractivity contribution in [3.8, 4) is 5.75 Å². The number of ketones is 1. The molecule has 0 aliphatic carbocycles. The zero-order valence-electron chi connectivity index (χ0n) is 17.8. The van der Waals surface area contributed by atoms with E-state index in [1.165, 1.54) is 18.1 Å². The molecule has 0 saturated carbocycles. The summed E-state index contributed by atoms with van der Waals surface area (Å²) in [5, 5.41) is 11.5. The predicted molar refractivity (Wildman–Crippen MR) is 123 cm³/mol. The maximum Gasteiger partial charge on any atom is 0.300 e. The molecular weight excluding hydrogens is 428 g/mol. The van der Waals surface area contributed by atoms with Crippen LogP contribution < -0.4 is 9.64 Å². The highest BCUT2D eigenvalue weighted by atomic mass is 35.5. The van der Waals surface area contributed by atoms with Gasteiger partial charge in [0.15, 0.2) is 0 Å². The summed E-state index contributed by atoms with van der Waals surface area (Å²) in [4.78, 5) is 32.1. The first-order valence-corrected chi connectivity index (χ1v) is 10.3. The van der Waals surface area contributed by atoms with Gasteiger partial charge in [-0.05, 0) is 60.9 Å². The Morgan fingerprint density at radius 3 is 2.59 bits per heavy atom. The molecule has 6 nitrogen and oxygen atoms in total. The summed E-state index contributed by atoms with van der Waals surface area (Å²) < 4.78 is 5.24. The standard InChI is InChI=1S/C25H21ClN2O4/c1-14-6-7-15(2)20(11-14)28-22(16-5-4-10-27-13-16)21(24(30)25(28)31)23(29)18-12-17(32-3)8-9-19(18)26/h4-13,22,29H,1-3H3/b23-21+. The average molecular weight is 449 g/mol. The largest absolute Gasteiger partial charge is 0.507 e. The Morgan fingerprint density at radius 1 is 1.12 bits per heavy atom. The molecule has 1 saturated heterocycles. The van der Waals surface area contributed by atoms with Gasteiger partial charge in [-0.3, -0.25) is 19.5 Å². The number of aliphatic hydroxyl groups excluding tert-OH is 1. The minimum atomic E-state index is -0.869. The van der Waals surface area contributed by atoms with Crippen LogP contribution in [-0.4, -0.2) is 28.9 Å². The van der Waals surface area contributed by atoms with Crippen LogP contribution in [0, 0.1) is 13.8 Å². The third kappa shape index (κ3) is 3.63. The molecule has 1 aromatic heterocycles. The highest BCUT2D eigenvalue weighted by Gasteiger charge is 2.47. The summed E-state index contributed by atoms with van der Waals surface area (Å²) in [5.74, 6) is -1.43. The van der Waals surface area contributed by atoms with Crippen molar-refractivity contribution in [3.05, 3.63) is 93.8 Å². The van der Waals surface area contributed by atoms with E-state index < -0.39 is 17.7 Å². The van der Waals surface area contributed by atoms with Gasteiger partial charge in [0.05, 0.1) is 23.7 Å². The minimum Gasteiger partial charge on any atom is -0.507 e. The summed E-state index contributed by atoms with van der Waals surface area (Å²) >= 11 is 6.33. The first kappa shape index (κ1) is 21.6. The van der Waals surface area contributed by atoms with Crippen molar-refractivity contribution in [1.82, 2.24) is 4.98 Å². The molecule has 1 aliphatic heterocycles. The van der Waals surface area contributed by atoms with E-state index >= 15 is 0 Å². The fourth-order valence-corrected chi connectivity index (χ4v) is 4.08. The number of aliphatic hydroxyl groups is 1. The first-order chi connectivity index (χ1) is 15.3. The third-order valence-corrected chi connectivity index (χ3v) is 5.83. The van der Waals surface area contributed by atoms with E-state index in [4.69, 9.17) is 16.3 Å². The fraction of sp³-hybridized carbons (Fsp3) is 0.160. The highest BCUT2D eigenvalue weighted by Crippen LogP contribution is 2.44. The molecule has 0 bridgehead atoms. The Hall–Kier alpha value is -3.64. The second-order valence-corrected chi connectivity index (χ2v) is 8.00. The van der Waals surface area contributed by atoms with Crippen LogP contribution >= 0.6 is 11.6 Å². The fourth-order valence-electron chi connectivity index (χ4n) is 3.87. The van der Waals surface area contributed by atoms with Gasteiger partial charge in [-0.2, -0.15) is 0 Å². The molecule has 7 heteroatoms. The smallest absolute Gasteiger partial charge is 0.300 e. The van der Waals surface area contributed by atoms with Crippen LogP contribution in [0.1, 0.15) is 28.3 Å². The second kappa shape index (κ2) is 8.48. The molecule has 1 aliphatic rings. The molecule has 1 unspecified atom stereocenters. The van der Waals surface area contributed by atoms with Crippen molar-refractivity contribution < 1.29 is 19.4 Å². The zero-order chi connectivity index (χ0) is 23.0. The van der Waals surface area contributed by atoms with Crippen LogP contribution in [0.3, 0.4) is 0 Å². The van der Waals surface area contributed by atoms with Gasteiger partial charge < -0.3 is 9.84 Å². The van der Waals surface area contributed by atoms with E-state index in [-0.39, 0.29) is 21.9 Å². The number of benzene rings is 2. The van der Waals surface area contributed by atoms with Crippen LogP contribution in [0.15, 0.2) is 66.5 Å². The summed E-state index contributed by atoms with van der Waals surface area (Å²) in [6.07, 6.45) is 3.18. The average Bonchev–Trinajstić information content (AvgIpc) is 3.06. The highest BCUT2D eigenvalue weighted by molar-refractivity contribution is 6.52. The topological polar surface area (TPSA) is 79.7 Å². The molecule has 3 aromatic rings. The molecular formula is C25H21ClN2O4. The number of rotatable bonds is 4.